The minimum absolute atomic E-state index is 0.00811. The van der Waals surface area contributed by atoms with Crippen molar-refractivity contribution in [2.75, 3.05) is 26.7 Å². The van der Waals surface area contributed by atoms with Crippen molar-refractivity contribution in [2.45, 2.75) is 32.7 Å². The van der Waals surface area contributed by atoms with Crippen LogP contribution in [0.5, 0.6) is 0 Å². The third-order valence-corrected chi connectivity index (χ3v) is 4.47. The average molecular weight is 332 g/mol. The van der Waals surface area contributed by atoms with Crippen molar-refractivity contribution in [3.8, 4) is 0 Å². The van der Waals surface area contributed by atoms with E-state index >= 15 is 0 Å². The molecule has 0 aliphatic carbocycles. The summed E-state index contributed by atoms with van der Waals surface area (Å²) < 4.78 is 6.98. The van der Waals surface area contributed by atoms with Crippen molar-refractivity contribution >= 4 is 5.91 Å². The van der Waals surface area contributed by atoms with Gasteiger partial charge in [0.1, 0.15) is 11.7 Å². The Hall–Kier alpha value is -2.22. The number of piperazine rings is 1. The number of carbonyl (C=O) groups is 1. The van der Waals surface area contributed by atoms with Gasteiger partial charge < -0.3 is 9.42 Å². The second-order valence-corrected chi connectivity index (χ2v) is 6.66. The number of likely N-dealkylation sites (N-methyl/N-ethyl adjacent to an activating group) is 1. The van der Waals surface area contributed by atoms with Gasteiger partial charge in [-0.1, -0.05) is 19.0 Å². The van der Waals surface area contributed by atoms with Crippen molar-refractivity contribution < 1.29 is 9.32 Å². The Labute approximate surface area is 141 Å². The number of aromatic nitrogens is 4. The van der Waals surface area contributed by atoms with E-state index < -0.39 is 0 Å². The van der Waals surface area contributed by atoms with E-state index in [0.717, 1.165) is 12.2 Å². The summed E-state index contributed by atoms with van der Waals surface area (Å²) in [6.45, 7) is 7.88. The maximum atomic E-state index is 12.9. The van der Waals surface area contributed by atoms with Crippen LogP contribution in [-0.4, -0.2) is 62.3 Å². The lowest BCUT2D eigenvalue weighted by atomic mass is 10.1. The molecule has 0 aromatic carbocycles. The van der Waals surface area contributed by atoms with Gasteiger partial charge >= 0.3 is 0 Å². The zero-order valence-corrected chi connectivity index (χ0v) is 14.9. The molecule has 1 saturated heterocycles. The summed E-state index contributed by atoms with van der Waals surface area (Å²) in [5, 5.41) is 8.30. The molecule has 0 spiro atoms. The lowest BCUT2D eigenvalue weighted by Gasteiger charge is -2.37. The summed E-state index contributed by atoms with van der Waals surface area (Å²) in [6, 6.07) is 1.80. The third-order valence-electron chi connectivity index (χ3n) is 4.47. The molecule has 3 heterocycles. The first-order valence-electron chi connectivity index (χ1n) is 8.20. The molecule has 0 N–H and O–H groups in total. The van der Waals surface area contributed by atoms with Gasteiger partial charge in [-0.15, -0.1) is 0 Å². The molecule has 24 heavy (non-hydrogen) atoms. The van der Waals surface area contributed by atoms with E-state index in [1.165, 1.54) is 0 Å². The van der Waals surface area contributed by atoms with Crippen LogP contribution in [0.15, 0.2) is 10.6 Å². The first-order valence-corrected chi connectivity index (χ1v) is 8.20. The molecule has 0 saturated carbocycles. The molecule has 1 aliphatic rings. The molecule has 8 nitrogen and oxygen atoms in total. The van der Waals surface area contributed by atoms with Crippen molar-refractivity contribution in [3.05, 3.63) is 29.2 Å². The van der Waals surface area contributed by atoms with Gasteiger partial charge in [0, 0.05) is 26.7 Å². The molecule has 1 fully saturated rings. The molecule has 1 aliphatic heterocycles. The van der Waals surface area contributed by atoms with Gasteiger partial charge in [-0.05, 0) is 26.0 Å². The van der Waals surface area contributed by atoms with Crippen LogP contribution >= 0.6 is 0 Å². The number of amides is 1. The zero-order valence-electron chi connectivity index (χ0n) is 14.9. The van der Waals surface area contributed by atoms with E-state index in [1.54, 1.807) is 11.6 Å². The Morgan fingerprint density at radius 2 is 2.08 bits per heavy atom. The summed E-state index contributed by atoms with van der Waals surface area (Å²) in [6.07, 6.45) is 0. The molecule has 130 valence electrons. The van der Waals surface area contributed by atoms with Crippen LogP contribution in [0.3, 0.4) is 0 Å². The first-order chi connectivity index (χ1) is 11.4. The summed E-state index contributed by atoms with van der Waals surface area (Å²) in [5.74, 6) is 1.45. The van der Waals surface area contributed by atoms with Crippen molar-refractivity contribution in [1.29, 1.82) is 0 Å². The molecule has 8 heteroatoms. The van der Waals surface area contributed by atoms with Gasteiger partial charge in [-0.25, -0.2) is 0 Å². The fourth-order valence-electron chi connectivity index (χ4n) is 2.91. The molecule has 0 radical (unpaired) electrons. The molecule has 1 amide bonds. The number of carbonyl (C=O) groups excluding carboxylic acids is 1. The summed E-state index contributed by atoms with van der Waals surface area (Å²) >= 11 is 0. The van der Waals surface area contributed by atoms with Crippen LogP contribution in [0.2, 0.25) is 0 Å². The topological polar surface area (TPSA) is 80.3 Å². The molecular weight excluding hydrogens is 308 g/mol. The van der Waals surface area contributed by atoms with Crippen LogP contribution in [0.1, 0.15) is 53.7 Å². The van der Waals surface area contributed by atoms with Gasteiger partial charge in [0.25, 0.3) is 5.91 Å². The van der Waals surface area contributed by atoms with Gasteiger partial charge in [0.15, 0.2) is 5.82 Å². The van der Waals surface area contributed by atoms with E-state index in [9.17, 15) is 4.79 Å². The normalized spacial score (nSPS) is 19.2. The molecule has 3 rings (SSSR count). The van der Waals surface area contributed by atoms with E-state index in [2.05, 4.69) is 34.0 Å². The Bertz CT molecular complexity index is 735. The number of hydrogen-bond acceptors (Lipinski definition) is 6. The van der Waals surface area contributed by atoms with Crippen molar-refractivity contribution in [3.63, 3.8) is 0 Å². The van der Waals surface area contributed by atoms with Crippen molar-refractivity contribution in [2.24, 2.45) is 7.05 Å². The number of nitrogens with zero attached hydrogens (tertiary/aromatic N) is 6. The maximum Gasteiger partial charge on any atom is 0.272 e. The third kappa shape index (κ3) is 3.06. The SMILES string of the molecule is Cc1noc(C2CN(C(=O)c3cc(C(C)C)nn3C)CCN2C)n1. The zero-order chi connectivity index (χ0) is 17.4. The van der Waals surface area contributed by atoms with Crippen molar-refractivity contribution in [1.82, 2.24) is 29.7 Å². The highest BCUT2D eigenvalue weighted by Gasteiger charge is 2.33. The van der Waals surface area contributed by atoms with Gasteiger partial charge in [-0.2, -0.15) is 10.1 Å². The minimum atomic E-state index is -0.0818. The lowest BCUT2D eigenvalue weighted by molar-refractivity contribution is 0.0479. The maximum absolute atomic E-state index is 12.9. The van der Waals surface area contributed by atoms with Gasteiger partial charge in [0.2, 0.25) is 5.89 Å². The molecular formula is C16H24N6O2. The highest BCUT2D eigenvalue weighted by atomic mass is 16.5. The van der Waals surface area contributed by atoms with Gasteiger partial charge in [0.05, 0.1) is 5.69 Å². The predicted molar refractivity (Wildman–Crippen MR) is 87.6 cm³/mol. The summed E-state index contributed by atoms with van der Waals surface area (Å²) in [7, 11) is 3.82. The van der Waals surface area contributed by atoms with Crippen LogP contribution < -0.4 is 0 Å². The molecule has 2 aromatic rings. The number of aryl methyl sites for hydroxylation is 2. The van der Waals surface area contributed by atoms with Crippen LogP contribution in [0.4, 0.5) is 0 Å². The minimum Gasteiger partial charge on any atom is -0.338 e. The molecule has 1 unspecified atom stereocenters. The quantitative estimate of drug-likeness (QED) is 0.844. The highest BCUT2D eigenvalue weighted by Crippen LogP contribution is 2.24. The second kappa shape index (κ2) is 6.35. The largest absolute Gasteiger partial charge is 0.338 e. The van der Waals surface area contributed by atoms with E-state index in [0.29, 0.717) is 36.4 Å². The monoisotopic (exact) mass is 332 g/mol. The molecule has 0 bridgehead atoms. The van der Waals surface area contributed by atoms with Crippen LogP contribution in [0, 0.1) is 6.92 Å². The molecule has 1 atom stereocenters. The van der Waals surface area contributed by atoms with E-state index in [-0.39, 0.29) is 11.9 Å². The lowest BCUT2D eigenvalue weighted by Crippen LogP contribution is -2.49. The number of rotatable bonds is 3. The smallest absolute Gasteiger partial charge is 0.272 e. The predicted octanol–water partition coefficient (Wildman–Crippen LogP) is 1.36. The van der Waals surface area contributed by atoms with E-state index in [4.69, 9.17) is 4.52 Å². The molecule has 2 aromatic heterocycles. The Morgan fingerprint density at radius 3 is 2.67 bits per heavy atom. The van der Waals surface area contributed by atoms with Crippen LogP contribution in [-0.2, 0) is 7.05 Å². The second-order valence-electron chi connectivity index (χ2n) is 6.66. The van der Waals surface area contributed by atoms with Crippen LogP contribution in [0.25, 0.3) is 0 Å². The van der Waals surface area contributed by atoms with E-state index in [1.807, 2.05) is 25.1 Å². The standard InChI is InChI=1S/C16H24N6O2/c1-10(2)12-8-13(21(5)18-12)16(23)22-7-6-20(4)14(9-22)15-17-11(3)19-24-15/h8,10,14H,6-7,9H2,1-5H3. The average Bonchev–Trinajstić information content (AvgIpc) is 3.13. The fourth-order valence-corrected chi connectivity index (χ4v) is 2.91. The number of hydrogen-bond donors (Lipinski definition) is 0. The highest BCUT2D eigenvalue weighted by molar-refractivity contribution is 5.92. The Balaban J connectivity index is 1.80. The Kier molecular flexibility index (Phi) is 4.40. The summed E-state index contributed by atoms with van der Waals surface area (Å²) in [5.41, 5.74) is 1.54. The summed E-state index contributed by atoms with van der Waals surface area (Å²) in [4.78, 5) is 21.2. The Morgan fingerprint density at radius 1 is 1.33 bits per heavy atom. The first kappa shape index (κ1) is 16.6. The van der Waals surface area contributed by atoms with Gasteiger partial charge in [-0.3, -0.25) is 14.4 Å². The fraction of sp³-hybridized carbons (Fsp3) is 0.625.